The number of rotatable bonds is 14. The Kier molecular flexibility index (Phi) is 11.2. The van der Waals surface area contributed by atoms with Crippen LogP contribution < -0.4 is 4.74 Å². The summed E-state index contributed by atoms with van der Waals surface area (Å²) in [4.78, 5) is 0. The molecule has 2 aromatic carbocycles. The average Bonchev–Trinajstić information content (AvgIpc) is 2.90. The Bertz CT molecular complexity index is 1280. The Morgan fingerprint density at radius 3 is 1.59 bits per heavy atom. The summed E-state index contributed by atoms with van der Waals surface area (Å²) in [6, 6.07) is 9.95. The van der Waals surface area contributed by atoms with Crippen molar-refractivity contribution in [3.05, 3.63) is 59.7 Å². The van der Waals surface area contributed by atoms with Gasteiger partial charge in [0.15, 0.2) is 0 Å². The first kappa shape index (κ1) is 39.0. The predicted octanol–water partition coefficient (Wildman–Crippen LogP) is 9.99. The van der Waals surface area contributed by atoms with Crippen LogP contribution in [0.4, 0.5) is 70.2 Å². The highest BCUT2D eigenvalue weighted by Gasteiger charge is 2.84. The topological polar surface area (TPSA) is 47.9 Å². The molecule has 46 heavy (non-hydrogen) atoms. The third-order valence-electron chi connectivity index (χ3n) is 6.44. The van der Waals surface area contributed by atoms with Gasteiger partial charge in [-0.25, -0.2) is 4.39 Å². The quantitative estimate of drug-likeness (QED) is 0.199. The first-order valence-corrected chi connectivity index (χ1v) is 12.6. The maximum Gasteiger partial charge on any atom is 0.462 e. The fourth-order valence-electron chi connectivity index (χ4n) is 3.88. The molecule has 2 aromatic rings. The summed E-state index contributed by atoms with van der Waals surface area (Å²) in [5, 5.41) is 9.44. The molecule has 0 saturated carbocycles. The molecular weight excluding hydrogens is 680 g/mol. The van der Waals surface area contributed by atoms with Crippen molar-refractivity contribution in [1.29, 1.82) is 0 Å². The molecule has 0 aliphatic rings. The number of halogens is 16. The molecule has 0 aliphatic carbocycles. The van der Waals surface area contributed by atoms with Crippen LogP contribution >= 0.6 is 0 Å². The Balaban J connectivity index is 2.23. The highest BCUT2D eigenvalue weighted by Crippen LogP contribution is 2.55. The van der Waals surface area contributed by atoms with E-state index in [9.17, 15) is 75.4 Å². The molecule has 0 fully saturated rings. The molecule has 2 rings (SSSR count). The fourth-order valence-corrected chi connectivity index (χ4v) is 3.88. The second-order valence-corrected chi connectivity index (χ2v) is 9.80. The molecule has 0 heterocycles. The number of aromatic hydroxyl groups is 1. The molecule has 0 aromatic heterocycles. The van der Waals surface area contributed by atoms with Gasteiger partial charge in [0, 0.05) is 0 Å². The molecule has 1 N–H and O–H groups in total. The van der Waals surface area contributed by atoms with E-state index < -0.39 is 54.6 Å². The normalized spacial score (nSPS) is 17.3. The fraction of sp³-hybridized carbons (Fsp3) is 0.538. The van der Waals surface area contributed by atoms with Gasteiger partial charge in [-0.15, -0.1) is 0 Å². The van der Waals surface area contributed by atoms with E-state index in [0.29, 0.717) is 30.5 Å². The molecule has 0 aliphatic heterocycles. The zero-order valence-corrected chi connectivity index (χ0v) is 23.0. The molecule has 4 nitrogen and oxygen atoms in total. The van der Waals surface area contributed by atoms with Crippen molar-refractivity contribution in [3.8, 4) is 11.5 Å². The maximum absolute atomic E-state index is 14.2. The summed E-state index contributed by atoms with van der Waals surface area (Å²) >= 11 is 0. The first-order valence-electron chi connectivity index (χ1n) is 12.6. The lowest BCUT2D eigenvalue weighted by atomic mass is 9.84. The van der Waals surface area contributed by atoms with Gasteiger partial charge in [0.05, 0.1) is 0 Å². The number of benzene rings is 2. The standard InChI is InChI=1S/C26H22F16O4/c1-3-14(16-4-8-17(43)9-5-16)12-13(2)15-6-10-18(11-7-15)44-20(28,29)19(27)45-26(41,42)22(32,24(36,37)38)46-25(39,40)21(30,31)23(33,34)35/h4-11,13-14,19,43H,3,12H2,1-2H3. The minimum atomic E-state index is -7.77. The van der Waals surface area contributed by atoms with Crippen LogP contribution in [0.5, 0.6) is 11.5 Å². The average molecular weight is 702 g/mol. The van der Waals surface area contributed by atoms with Crippen LogP contribution in [0, 0.1) is 0 Å². The summed E-state index contributed by atoms with van der Waals surface area (Å²) in [5.74, 6) is -16.9. The van der Waals surface area contributed by atoms with Crippen molar-refractivity contribution >= 4 is 0 Å². The predicted molar refractivity (Wildman–Crippen MR) is 124 cm³/mol. The highest BCUT2D eigenvalue weighted by atomic mass is 19.4. The lowest BCUT2D eigenvalue weighted by Crippen LogP contribution is -2.66. The number of ether oxygens (including phenoxy) is 3. The molecule has 4 unspecified atom stereocenters. The van der Waals surface area contributed by atoms with E-state index in [1.54, 1.807) is 23.8 Å². The number of hydrogen-bond donors (Lipinski definition) is 1. The zero-order valence-electron chi connectivity index (χ0n) is 23.0. The summed E-state index contributed by atoms with van der Waals surface area (Å²) in [6.07, 6.45) is -40.4. The van der Waals surface area contributed by atoms with Gasteiger partial charge in [-0.2, -0.15) is 65.9 Å². The van der Waals surface area contributed by atoms with Crippen molar-refractivity contribution in [1.82, 2.24) is 0 Å². The second-order valence-electron chi connectivity index (χ2n) is 9.80. The third-order valence-corrected chi connectivity index (χ3v) is 6.44. The van der Waals surface area contributed by atoms with Crippen molar-refractivity contribution in [3.63, 3.8) is 0 Å². The van der Waals surface area contributed by atoms with E-state index in [-0.39, 0.29) is 17.6 Å². The van der Waals surface area contributed by atoms with Crippen LogP contribution in [-0.4, -0.2) is 53.9 Å². The molecule has 0 amide bonds. The Labute approximate surface area is 248 Å². The second kappa shape index (κ2) is 13.2. The number of phenols is 1. The summed E-state index contributed by atoms with van der Waals surface area (Å²) in [5.41, 5.74) is 1.30. The Morgan fingerprint density at radius 2 is 1.15 bits per heavy atom. The minimum Gasteiger partial charge on any atom is -0.508 e. The minimum absolute atomic E-state index is 0.0218. The largest absolute Gasteiger partial charge is 0.508 e. The van der Waals surface area contributed by atoms with Gasteiger partial charge in [0.1, 0.15) is 11.5 Å². The lowest BCUT2D eigenvalue weighted by molar-refractivity contribution is -0.543. The third kappa shape index (κ3) is 8.21. The van der Waals surface area contributed by atoms with E-state index >= 15 is 0 Å². The van der Waals surface area contributed by atoms with Crippen LogP contribution in [0.3, 0.4) is 0 Å². The van der Waals surface area contributed by atoms with E-state index in [4.69, 9.17) is 0 Å². The van der Waals surface area contributed by atoms with Crippen LogP contribution in [-0.2, 0) is 9.47 Å². The molecular formula is C26H22F16O4. The summed E-state index contributed by atoms with van der Waals surface area (Å²) in [6.45, 7) is 3.57. The van der Waals surface area contributed by atoms with Crippen LogP contribution in [0.2, 0.25) is 0 Å². The SMILES string of the molecule is CCC(CC(C)c1ccc(OC(F)(F)C(F)OC(F)(F)C(F)(OC(F)(F)C(F)(F)C(F)(F)F)C(F)(F)F)cc1)c1ccc(O)cc1. The molecule has 0 bridgehead atoms. The first-order chi connectivity index (χ1) is 20.6. The van der Waals surface area contributed by atoms with Gasteiger partial charge in [-0.1, -0.05) is 38.1 Å². The maximum atomic E-state index is 14.2. The van der Waals surface area contributed by atoms with Gasteiger partial charge >= 0.3 is 48.8 Å². The van der Waals surface area contributed by atoms with Crippen LogP contribution in [0.25, 0.3) is 0 Å². The van der Waals surface area contributed by atoms with Gasteiger partial charge in [-0.05, 0) is 60.1 Å². The van der Waals surface area contributed by atoms with Crippen molar-refractivity contribution < 1.29 is 89.6 Å². The lowest BCUT2D eigenvalue weighted by Gasteiger charge is -2.38. The van der Waals surface area contributed by atoms with E-state index in [1.807, 2.05) is 6.92 Å². The zero-order chi connectivity index (χ0) is 35.7. The highest BCUT2D eigenvalue weighted by molar-refractivity contribution is 5.31. The smallest absolute Gasteiger partial charge is 0.462 e. The number of phenolic OH excluding ortho intramolecular Hbond substituents is 1. The van der Waals surface area contributed by atoms with Gasteiger partial charge in [0.2, 0.25) is 0 Å². The van der Waals surface area contributed by atoms with Crippen LogP contribution in [0.15, 0.2) is 48.5 Å². The summed E-state index contributed by atoms with van der Waals surface area (Å²) < 4.78 is 220. The van der Waals surface area contributed by atoms with Gasteiger partial charge < -0.3 is 9.84 Å². The van der Waals surface area contributed by atoms with E-state index in [0.717, 1.165) is 17.7 Å². The molecule has 0 radical (unpaired) electrons. The van der Waals surface area contributed by atoms with E-state index in [2.05, 4.69) is 9.47 Å². The van der Waals surface area contributed by atoms with Gasteiger partial charge in [-0.3, -0.25) is 9.47 Å². The monoisotopic (exact) mass is 702 g/mol. The summed E-state index contributed by atoms with van der Waals surface area (Å²) in [7, 11) is 0. The molecule has 0 spiro atoms. The van der Waals surface area contributed by atoms with Crippen molar-refractivity contribution in [2.45, 2.75) is 87.3 Å². The Morgan fingerprint density at radius 1 is 0.674 bits per heavy atom. The van der Waals surface area contributed by atoms with Crippen molar-refractivity contribution in [2.75, 3.05) is 0 Å². The van der Waals surface area contributed by atoms with Crippen molar-refractivity contribution in [2.24, 2.45) is 0 Å². The molecule has 4 atom stereocenters. The van der Waals surface area contributed by atoms with Gasteiger partial charge in [0.25, 0.3) is 0 Å². The molecule has 262 valence electrons. The van der Waals surface area contributed by atoms with E-state index in [1.165, 1.54) is 12.1 Å². The van der Waals surface area contributed by atoms with Crippen LogP contribution in [0.1, 0.15) is 49.7 Å². The number of alkyl halides is 16. The number of hydrogen-bond acceptors (Lipinski definition) is 4. The molecule has 0 saturated heterocycles. The Hall–Kier alpha value is -3.16. The molecule has 20 heteroatoms.